The third kappa shape index (κ3) is 3.59. The second kappa shape index (κ2) is 9.24. The van der Waals surface area contributed by atoms with Crippen molar-refractivity contribution in [1.82, 2.24) is 0 Å². The van der Waals surface area contributed by atoms with Crippen molar-refractivity contribution in [2.75, 3.05) is 14.2 Å². The summed E-state index contributed by atoms with van der Waals surface area (Å²) in [5, 5.41) is 4.57. The largest absolute Gasteiger partial charge is 0.495 e. The van der Waals surface area contributed by atoms with Gasteiger partial charge in [-0.3, -0.25) is 0 Å². The molecule has 0 bridgehead atoms. The fourth-order valence-corrected chi connectivity index (χ4v) is 5.24. The van der Waals surface area contributed by atoms with Gasteiger partial charge in [-0.1, -0.05) is 109 Å². The van der Waals surface area contributed by atoms with Crippen molar-refractivity contribution >= 4 is 21.5 Å². The Kier molecular flexibility index (Phi) is 5.63. The molecule has 6 aromatic rings. The fourth-order valence-electron chi connectivity index (χ4n) is 5.24. The third-order valence-corrected chi connectivity index (χ3v) is 6.83. The summed E-state index contributed by atoms with van der Waals surface area (Å²) in [6, 6.07) is 42.3. The Morgan fingerprint density at radius 3 is 1.17 bits per heavy atom. The molecule has 0 aliphatic carbocycles. The topological polar surface area (TPSA) is 18.5 Å². The predicted octanol–water partition coefficient (Wildman–Crippen LogP) is 9.01. The number of fused-ring (bicyclic) bond motifs is 2. The van der Waals surface area contributed by atoms with Crippen LogP contribution < -0.4 is 9.47 Å². The van der Waals surface area contributed by atoms with Crippen molar-refractivity contribution < 1.29 is 9.47 Å². The van der Waals surface area contributed by atoms with Crippen molar-refractivity contribution in [2.45, 2.75) is 0 Å². The van der Waals surface area contributed by atoms with E-state index in [1.807, 2.05) is 12.1 Å². The lowest BCUT2D eigenvalue weighted by molar-refractivity contribution is 0.413. The number of ether oxygens (including phenoxy) is 2. The maximum absolute atomic E-state index is 6.23. The molecule has 0 radical (unpaired) electrons. The Morgan fingerprint density at radius 2 is 0.778 bits per heavy atom. The van der Waals surface area contributed by atoms with Crippen LogP contribution in [0, 0.1) is 0 Å². The summed E-state index contributed by atoms with van der Waals surface area (Å²) in [4.78, 5) is 0. The van der Waals surface area contributed by atoms with E-state index in [-0.39, 0.29) is 0 Å². The molecule has 2 nitrogen and oxygen atoms in total. The van der Waals surface area contributed by atoms with Gasteiger partial charge in [0.25, 0.3) is 0 Å². The first kappa shape index (κ1) is 21.9. The number of benzene rings is 6. The standard InChI is InChI=1S/C34H26O2/c1-35-33-29(23-13-5-3-6-14-23)21-25-17-9-11-19-27(25)31(33)32-28-20-12-10-18-26(28)22-30(34(32)36-2)24-15-7-4-8-16-24/h3-22H,1-2H3. The molecule has 0 atom stereocenters. The van der Waals surface area contributed by atoms with Crippen LogP contribution in [0.2, 0.25) is 0 Å². The molecule has 174 valence electrons. The van der Waals surface area contributed by atoms with Crippen LogP contribution in [0.1, 0.15) is 0 Å². The van der Waals surface area contributed by atoms with Crippen molar-refractivity contribution in [1.29, 1.82) is 0 Å². The lowest BCUT2D eigenvalue weighted by atomic mass is 9.86. The summed E-state index contributed by atoms with van der Waals surface area (Å²) in [6.45, 7) is 0. The molecule has 0 amide bonds. The SMILES string of the molecule is COc1c(-c2ccccc2)cc2ccccc2c1-c1c(OC)c(-c2ccccc2)cc2ccccc12. The Hall–Kier alpha value is -4.56. The van der Waals surface area contributed by atoms with Gasteiger partial charge in [0.1, 0.15) is 11.5 Å². The molecule has 6 rings (SSSR count). The van der Waals surface area contributed by atoms with Crippen LogP contribution in [0.3, 0.4) is 0 Å². The molecule has 0 aromatic heterocycles. The highest BCUT2D eigenvalue weighted by atomic mass is 16.5. The van der Waals surface area contributed by atoms with Crippen LogP contribution in [0.4, 0.5) is 0 Å². The second-order valence-corrected chi connectivity index (χ2v) is 8.84. The number of hydrogen-bond donors (Lipinski definition) is 0. The van der Waals surface area contributed by atoms with Crippen molar-refractivity contribution in [2.24, 2.45) is 0 Å². The predicted molar refractivity (Wildman–Crippen MR) is 151 cm³/mol. The molecule has 0 saturated carbocycles. The van der Waals surface area contributed by atoms with Gasteiger partial charge in [-0.15, -0.1) is 0 Å². The van der Waals surface area contributed by atoms with E-state index in [1.54, 1.807) is 14.2 Å². The van der Waals surface area contributed by atoms with E-state index in [0.717, 1.165) is 66.4 Å². The zero-order valence-electron chi connectivity index (χ0n) is 20.4. The summed E-state index contributed by atoms with van der Waals surface area (Å²) in [5.74, 6) is 1.68. The molecule has 0 saturated heterocycles. The lowest BCUT2D eigenvalue weighted by Crippen LogP contribution is -1.99. The van der Waals surface area contributed by atoms with E-state index in [2.05, 4.69) is 109 Å². The van der Waals surface area contributed by atoms with Crippen LogP contribution >= 0.6 is 0 Å². The maximum atomic E-state index is 6.23. The minimum Gasteiger partial charge on any atom is -0.495 e. The van der Waals surface area contributed by atoms with Crippen LogP contribution in [0.25, 0.3) is 54.9 Å². The molecule has 0 unspecified atom stereocenters. The highest BCUT2D eigenvalue weighted by molar-refractivity contribution is 6.14. The first-order chi connectivity index (χ1) is 17.8. The summed E-state index contributed by atoms with van der Waals surface area (Å²) in [5.41, 5.74) is 6.43. The van der Waals surface area contributed by atoms with Crippen LogP contribution in [-0.2, 0) is 0 Å². The van der Waals surface area contributed by atoms with Crippen LogP contribution in [0.5, 0.6) is 11.5 Å². The average molecular weight is 467 g/mol. The van der Waals surface area contributed by atoms with Gasteiger partial charge in [0.15, 0.2) is 0 Å². The summed E-state index contributed by atoms with van der Waals surface area (Å²) in [7, 11) is 3.52. The molecular formula is C34H26O2. The Bertz CT molecular complexity index is 1560. The van der Waals surface area contributed by atoms with Gasteiger partial charge in [-0.25, -0.2) is 0 Å². The highest BCUT2D eigenvalue weighted by Gasteiger charge is 2.24. The first-order valence-electron chi connectivity index (χ1n) is 12.1. The number of rotatable bonds is 5. The number of hydrogen-bond acceptors (Lipinski definition) is 2. The number of methoxy groups -OCH3 is 2. The van der Waals surface area contributed by atoms with E-state index in [1.165, 1.54) is 0 Å². The van der Waals surface area contributed by atoms with Gasteiger partial charge in [-0.2, -0.15) is 0 Å². The maximum Gasteiger partial charge on any atom is 0.135 e. The molecule has 36 heavy (non-hydrogen) atoms. The monoisotopic (exact) mass is 466 g/mol. The molecular weight excluding hydrogens is 440 g/mol. The van der Waals surface area contributed by atoms with E-state index in [9.17, 15) is 0 Å². The van der Waals surface area contributed by atoms with Gasteiger partial charge in [0, 0.05) is 22.3 Å². The van der Waals surface area contributed by atoms with E-state index < -0.39 is 0 Å². The van der Waals surface area contributed by atoms with Crippen molar-refractivity contribution in [3.8, 4) is 44.9 Å². The quantitative estimate of drug-likeness (QED) is 0.252. The summed E-state index contributed by atoms with van der Waals surface area (Å²) >= 11 is 0. The van der Waals surface area contributed by atoms with Crippen LogP contribution in [-0.4, -0.2) is 14.2 Å². The minimum atomic E-state index is 0.841. The molecule has 0 heterocycles. The third-order valence-electron chi connectivity index (χ3n) is 6.83. The average Bonchev–Trinajstić information content (AvgIpc) is 2.96. The summed E-state index contributed by atoms with van der Waals surface area (Å²) < 4.78 is 12.5. The summed E-state index contributed by atoms with van der Waals surface area (Å²) in [6.07, 6.45) is 0. The van der Waals surface area contributed by atoms with Gasteiger partial charge in [-0.05, 0) is 44.8 Å². The molecule has 6 aromatic carbocycles. The normalized spacial score (nSPS) is 11.1. The molecule has 0 aliphatic heterocycles. The fraction of sp³-hybridized carbons (Fsp3) is 0.0588. The molecule has 0 spiro atoms. The minimum absolute atomic E-state index is 0.841. The van der Waals surface area contributed by atoms with E-state index >= 15 is 0 Å². The highest BCUT2D eigenvalue weighted by Crippen LogP contribution is 2.51. The lowest BCUT2D eigenvalue weighted by Gasteiger charge is -2.22. The smallest absolute Gasteiger partial charge is 0.135 e. The zero-order valence-corrected chi connectivity index (χ0v) is 20.4. The molecule has 0 aliphatic rings. The van der Waals surface area contributed by atoms with Crippen molar-refractivity contribution in [3.05, 3.63) is 121 Å². The first-order valence-corrected chi connectivity index (χ1v) is 12.1. The van der Waals surface area contributed by atoms with Gasteiger partial charge < -0.3 is 9.47 Å². The molecule has 0 fully saturated rings. The Balaban J connectivity index is 1.82. The zero-order chi connectivity index (χ0) is 24.5. The van der Waals surface area contributed by atoms with E-state index in [4.69, 9.17) is 9.47 Å². The van der Waals surface area contributed by atoms with Crippen molar-refractivity contribution in [3.63, 3.8) is 0 Å². The molecule has 0 N–H and O–H groups in total. The molecule has 2 heteroatoms. The second-order valence-electron chi connectivity index (χ2n) is 8.84. The Labute approximate surface area is 211 Å². The van der Waals surface area contributed by atoms with E-state index in [0.29, 0.717) is 0 Å². The Morgan fingerprint density at radius 1 is 0.417 bits per heavy atom. The van der Waals surface area contributed by atoms with Gasteiger partial charge >= 0.3 is 0 Å². The van der Waals surface area contributed by atoms with Crippen LogP contribution in [0.15, 0.2) is 121 Å². The van der Waals surface area contributed by atoms with Gasteiger partial charge in [0.05, 0.1) is 14.2 Å². The van der Waals surface area contributed by atoms with Gasteiger partial charge in [0.2, 0.25) is 0 Å².